The van der Waals surface area contributed by atoms with Crippen molar-refractivity contribution in [2.75, 3.05) is 7.11 Å². The molecule has 0 aromatic rings. The van der Waals surface area contributed by atoms with E-state index < -0.39 is 29.3 Å². The summed E-state index contributed by atoms with van der Waals surface area (Å²) in [6.45, 7) is 7.44. The molecule has 0 unspecified atom stereocenters. The Morgan fingerprint density at radius 3 is 2.50 bits per heavy atom. The zero-order valence-corrected chi connectivity index (χ0v) is 11.9. The Morgan fingerprint density at radius 1 is 1.50 bits per heavy atom. The van der Waals surface area contributed by atoms with Crippen LogP contribution in [0.4, 0.5) is 4.79 Å². The fourth-order valence-electron chi connectivity index (χ4n) is 2.53. The van der Waals surface area contributed by atoms with Crippen LogP contribution < -0.4 is 0 Å². The van der Waals surface area contributed by atoms with Gasteiger partial charge in [0.15, 0.2) is 5.78 Å². The molecule has 0 bridgehead atoms. The fourth-order valence-corrected chi connectivity index (χ4v) is 2.81. The molecule has 1 heterocycles. The Hall–Kier alpha value is -0.810. The summed E-state index contributed by atoms with van der Waals surface area (Å²) < 4.78 is 10.6. The van der Waals surface area contributed by atoms with E-state index in [0.29, 0.717) is 0 Å². The molecule has 0 radical (unpaired) electrons. The molecule has 2 aliphatic rings. The topological polar surface area (TPSA) is 55.8 Å². The van der Waals surface area contributed by atoms with Crippen LogP contribution >= 0.6 is 11.6 Å². The summed E-state index contributed by atoms with van der Waals surface area (Å²) in [4.78, 5) is 24.2. The minimum atomic E-state index is -1.04. The lowest BCUT2D eigenvalue weighted by Crippen LogP contribution is -2.68. The van der Waals surface area contributed by atoms with E-state index >= 15 is 0 Å². The van der Waals surface area contributed by atoms with Crippen LogP contribution in [0.15, 0.2) is 0 Å². The molecule has 0 aromatic heterocycles. The maximum Gasteiger partial charge on any atom is 0.412 e. The lowest BCUT2D eigenvalue weighted by molar-refractivity contribution is -0.139. The van der Waals surface area contributed by atoms with Crippen LogP contribution in [0, 0.1) is 5.41 Å². The van der Waals surface area contributed by atoms with E-state index in [9.17, 15) is 9.59 Å². The molecular formula is C12H18ClNO4. The largest absolute Gasteiger partial charge is 0.453 e. The van der Waals surface area contributed by atoms with Gasteiger partial charge >= 0.3 is 6.09 Å². The Kier molecular flexibility index (Phi) is 2.91. The number of rotatable bonds is 0. The molecular weight excluding hydrogens is 258 g/mol. The van der Waals surface area contributed by atoms with Gasteiger partial charge < -0.3 is 9.47 Å². The minimum Gasteiger partial charge on any atom is -0.453 e. The van der Waals surface area contributed by atoms with E-state index in [1.807, 2.05) is 20.8 Å². The predicted molar refractivity (Wildman–Crippen MR) is 65.4 cm³/mol. The second-order valence-corrected chi connectivity index (χ2v) is 6.82. The van der Waals surface area contributed by atoms with E-state index in [2.05, 4.69) is 0 Å². The van der Waals surface area contributed by atoms with Crippen molar-refractivity contribution < 1.29 is 19.1 Å². The number of carbonyl (C=O) groups is 2. The average Bonchev–Trinajstić information content (AvgIpc) is 2.65. The molecule has 102 valence electrons. The van der Waals surface area contributed by atoms with Gasteiger partial charge in [-0.25, -0.2) is 4.79 Å². The minimum absolute atomic E-state index is 0.189. The zero-order valence-electron chi connectivity index (χ0n) is 11.2. The molecule has 1 aliphatic carbocycles. The number of fused-ring (bicyclic) bond motifs is 1. The molecule has 4 atom stereocenters. The third-order valence-corrected chi connectivity index (χ3v) is 3.93. The fraction of sp³-hybridized carbons (Fsp3) is 0.833. The van der Waals surface area contributed by atoms with Gasteiger partial charge in [-0.3, -0.25) is 9.69 Å². The van der Waals surface area contributed by atoms with Crippen LogP contribution in [0.1, 0.15) is 27.7 Å². The molecule has 2 rings (SSSR count). The van der Waals surface area contributed by atoms with Crippen molar-refractivity contribution in [2.24, 2.45) is 5.41 Å². The predicted octanol–water partition coefficient (Wildman–Crippen LogP) is 1.77. The molecule has 6 heteroatoms. The number of Topliss-reactive ketones (excluding diaryl/α,β-unsaturated/α-hetero) is 1. The number of amides is 1. The van der Waals surface area contributed by atoms with E-state index in [1.165, 1.54) is 12.0 Å². The molecule has 1 aliphatic heterocycles. The Labute approximate surface area is 111 Å². The zero-order chi connectivity index (χ0) is 13.9. The van der Waals surface area contributed by atoms with Gasteiger partial charge in [0, 0.05) is 5.41 Å². The van der Waals surface area contributed by atoms with Gasteiger partial charge in [-0.05, 0) is 6.92 Å². The molecule has 0 N–H and O–H groups in total. The maximum absolute atomic E-state index is 12.0. The van der Waals surface area contributed by atoms with Gasteiger partial charge in [0.25, 0.3) is 0 Å². The van der Waals surface area contributed by atoms with E-state index in [4.69, 9.17) is 21.1 Å². The van der Waals surface area contributed by atoms with E-state index in [0.717, 1.165) is 0 Å². The summed E-state index contributed by atoms with van der Waals surface area (Å²) in [5, 5.41) is 0. The van der Waals surface area contributed by atoms with Gasteiger partial charge in [0.05, 0.1) is 7.11 Å². The summed E-state index contributed by atoms with van der Waals surface area (Å²) in [6.07, 6.45) is -1.53. The lowest BCUT2D eigenvalue weighted by atomic mass is 9.75. The second kappa shape index (κ2) is 3.84. The number of methoxy groups -OCH3 is 1. The van der Waals surface area contributed by atoms with Crippen LogP contribution in [0.5, 0.6) is 0 Å². The Bertz CT molecular complexity index is 401. The maximum atomic E-state index is 12.0. The lowest BCUT2D eigenvalue weighted by Gasteiger charge is -2.43. The summed E-state index contributed by atoms with van der Waals surface area (Å²) in [6, 6.07) is -0.621. The smallest absolute Gasteiger partial charge is 0.412 e. The summed E-state index contributed by atoms with van der Waals surface area (Å²) >= 11 is 6.13. The van der Waals surface area contributed by atoms with Crippen molar-refractivity contribution in [3.8, 4) is 0 Å². The molecule has 1 saturated heterocycles. The van der Waals surface area contributed by atoms with Crippen LogP contribution in [-0.4, -0.2) is 47.1 Å². The second-order valence-electron chi connectivity index (χ2n) is 6.04. The first-order chi connectivity index (χ1) is 8.12. The SMILES string of the molecule is COC(=O)N1[C@H]2C(=O)[C@](C)(Cl)[C@H]2O[C@@H]1C(C)(C)C. The standard InChI is InChI=1S/C12H18ClNO4/c1-11(2,3)9-14(10(16)17-5)6-7(15)12(4,13)8(6)18-9/h6,8-9H,1-5H3/t6-,8-,9+,12-/m0/s1. The van der Waals surface area contributed by atoms with Crippen molar-refractivity contribution >= 4 is 23.5 Å². The number of hydrogen-bond donors (Lipinski definition) is 0. The number of carbonyl (C=O) groups excluding carboxylic acids is 2. The van der Waals surface area contributed by atoms with Crippen LogP contribution in [0.3, 0.4) is 0 Å². The third-order valence-electron chi connectivity index (χ3n) is 3.53. The average molecular weight is 276 g/mol. The first-order valence-electron chi connectivity index (χ1n) is 5.87. The van der Waals surface area contributed by atoms with Crippen molar-refractivity contribution in [3.05, 3.63) is 0 Å². The van der Waals surface area contributed by atoms with Gasteiger partial charge in [0.1, 0.15) is 23.2 Å². The first-order valence-corrected chi connectivity index (χ1v) is 6.25. The summed E-state index contributed by atoms with van der Waals surface area (Å²) in [7, 11) is 1.29. The summed E-state index contributed by atoms with van der Waals surface area (Å²) in [5.74, 6) is -0.189. The van der Waals surface area contributed by atoms with Crippen LogP contribution in [0.2, 0.25) is 0 Å². The molecule has 5 nitrogen and oxygen atoms in total. The van der Waals surface area contributed by atoms with Crippen molar-refractivity contribution in [2.45, 2.75) is 50.9 Å². The Balaban J connectivity index is 2.35. The highest BCUT2D eigenvalue weighted by atomic mass is 35.5. The number of ketones is 1. The number of alkyl halides is 1. The Morgan fingerprint density at radius 2 is 2.06 bits per heavy atom. The molecule has 0 spiro atoms. The van der Waals surface area contributed by atoms with Gasteiger partial charge in [0.2, 0.25) is 0 Å². The monoisotopic (exact) mass is 275 g/mol. The summed E-state index contributed by atoms with van der Waals surface area (Å²) in [5.41, 5.74) is -0.321. The number of nitrogens with zero attached hydrogens (tertiary/aromatic N) is 1. The van der Waals surface area contributed by atoms with Gasteiger partial charge in [-0.1, -0.05) is 20.8 Å². The first kappa shape index (κ1) is 13.6. The van der Waals surface area contributed by atoms with Crippen molar-refractivity contribution in [1.82, 2.24) is 4.90 Å². The molecule has 2 fully saturated rings. The van der Waals surface area contributed by atoms with Gasteiger partial charge in [-0.15, -0.1) is 11.6 Å². The third kappa shape index (κ3) is 1.64. The van der Waals surface area contributed by atoms with Crippen molar-refractivity contribution in [1.29, 1.82) is 0 Å². The van der Waals surface area contributed by atoms with E-state index in [1.54, 1.807) is 6.92 Å². The molecule has 1 saturated carbocycles. The highest BCUT2D eigenvalue weighted by Gasteiger charge is 2.69. The molecule has 0 aromatic carbocycles. The van der Waals surface area contributed by atoms with Gasteiger partial charge in [-0.2, -0.15) is 0 Å². The highest BCUT2D eigenvalue weighted by molar-refractivity contribution is 6.39. The normalized spacial score (nSPS) is 39.3. The number of halogens is 1. The van der Waals surface area contributed by atoms with E-state index in [-0.39, 0.29) is 11.2 Å². The van der Waals surface area contributed by atoms with Crippen LogP contribution in [0.25, 0.3) is 0 Å². The van der Waals surface area contributed by atoms with Crippen molar-refractivity contribution in [3.63, 3.8) is 0 Å². The molecule has 18 heavy (non-hydrogen) atoms. The molecule has 1 amide bonds. The number of hydrogen-bond acceptors (Lipinski definition) is 4. The number of ether oxygens (including phenoxy) is 2. The van der Waals surface area contributed by atoms with Crippen LogP contribution in [-0.2, 0) is 14.3 Å². The quantitative estimate of drug-likeness (QED) is 0.632. The highest BCUT2D eigenvalue weighted by Crippen LogP contribution is 2.49.